The molecule has 0 radical (unpaired) electrons. The van der Waals surface area contributed by atoms with Crippen molar-refractivity contribution >= 4 is 45.4 Å². The molecule has 1 aromatic heterocycles. The molecule has 2 N–H and O–H groups in total. The van der Waals surface area contributed by atoms with E-state index in [4.69, 9.17) is 11.6 Å². The van der Waals surface area contributed by atoms with Crippen LogP contribution in [-0.4, -0.2) is 10.9 Å². The van der Waals surface area contributed by atoms with Crippen molar-refractivity contribution in [2.45, 2.75) is 12.6 Å². The van der Waals surface area contributed by atoms with Crippen molar-refractivity contribution in [3.8, 4) is 0 Å². The summed E-state index contributed by atoms with van der Waals surface area (Å²) in [5.41, 5.74) is 0.112. The zero-order valence-corrected chi connectivity index (χ0v) is 15.6. The topological polar surface area (TPSA) is 54.0 Å². The number of nitrogens with zero attached hydrogens (tertiary/aromatic N) is 1. The summed E-state index contributed by atoms with van der Waals surface area (Å²) in [6, 6.07) is 8.76. The number of anilines is 3. The molecule has 2 aromatic carbocycles. The molecule has 0 aliphatic rings. The van der Waals surface area contributed by atoms with Gasteiger partial charge >= 0.3 is 6.18 Å². The Kier molecular flexibility index (Phi) is 5.85. The van der Waals surface area contributed by atoms with Crippen LogP contribution in [0.2, 0.25) is 5.02 Å². The number of thiazole rings is 1. The van der Waals surface area contributed by atoms with E-state index in [9.17, 15) is 22.4 Å². The zero-order chi connectivity index (χ0) is 20.3. The fourth-order valence-corrected chi connectivity index (χ4v) is 3.25. The molecule has 1 heterocycles. The molecule has 146 valence electrons. The van der Waals surface area contributed by atoms with Crippen LogP contribution in [0.3, 0.4) is 0 Å². The van der Waals surface area contributed by atoms with Gasteiger partial charge in [0, 0.05) is 16.8 Å². The number of nitrogens with one attached hydrogen (secondary N) is 2. The lowest BCUT2D eigenvalue weighted by Gasteiger charge is -2.11. The van der Waals surface area contributed by atoms with E-state index in [1.807, 2.05) is 0 Å². The van der Waals surface area contributed by atoms with Crippen molar-refractivity contribution < 1.29 is 22.4 Å². The maximum Gasteiger partial charge on any atom is 0.417 e. The van der Waals surface area contributed by atoms with E-state index in [-0.39, 0.29) is 18.0 Å². The van der Waals surface area contributed by atoms with Gasteiger partial charge in [0.15, 0.2) is 5.13 Å². The van der Waals surface area contributed by atoms with Gasteiger partial charge in [-0.2, -0.15) is 13.2 Å². The Hall–Kier alpha value is -2.65. The second kappa shape index (κ2) is 8.15. The highest BCUT2D eigenvalue weighted by atomic mass is 35.5. The number of aromatic nitrogens is 1. The molecule has 0 unspecified atom stereocenters. The summed E-state index contributed by atoms with van der Waals surface area (Å²) in [4.78, 5) is 16.2. The van der Waals surface area contributed by atoms with Gasteiger partial charge in [-0.1, -0.05) is 11.6 Å². The standard InChI is InChI=1S/C18H12ClF4N3OS/c19-15-6-5-12(7-14(15)18(21,22)23)25-17-26-13(9-28-17)8-16(27)24-11-3-1-10(20)2-4-11/h1-7,9H,8H2,(H,24,27)(H,25,26). The highest BCUT2D eigenvalue weighted by molar-refractivity contribution is 7.13. The Morgan fingerprint density at radius 2 is 1.79 bits per heavy atom. The number of carbonyl (C=O) groups is 1. The smallest absolute Gasteiger partial charge is 0.332 e. The maximum atomic E-state index is 12.9. The number of amides is 1. The Morgan fingerprint density at radius 1 is 1.11 bits per heavy atom. The van der Waals surface area contributed by atoms with E-state index >= 15 is 0 Å². The summed E-state index contributed by atoms with van der Waals surface area (Å²) in [6.45, 7) is 0. The number of hydrogen-bond donors (Lipinski definition) is 2. The molecule has 4 nitrogen and oxygen atoms in total. The lowest BCUT2D eigenvalue weighted by Crippen LogP contribution is -2.14. The Balaban J connectivity index is 1.64. The average Bonchev–Trinajstić information content (AvgIpc) is 3.04. The van der Waals surface area contributed by atoms with Crippen LogP contribution in [0.15, 0.2) is 47.8 Å². The van der Waals surface area contributed by atoms with Gasteiger partial charge in [-0.3, -0.25) is 4.79 Å². The first-order valence-electron chi connectivity index (χ1n) is 7.84. The van der Waals surface area contributed by atoms with Gasteiger partial charge in [-0.05, 0) is 42.5 Å². The van der Waals surface area contributed by atoms with Crippen LogP contribution >= 0.6 is 22.9 Å². The maximum absolute atomic E-state index is 12.9. The second-order valence-corrected chi connectivity index (χ2v) is 6.96. The molecule has 0 saturated carbocycles. The van der Waals surface area contributed by atoms with E-state index in [0.717, 1.165) is 23.5 Å². The molecule has 3 aromatic rings. The van der Waals surface area contributed by atoms with Gasteiger partial charge in [0.1, 0.15) is 5.82 Å². The van der Waals surface area contributed by atoms with Crippen molar-refractivity contribution in [1.82, 2.24) is 4.98 Å². The fraction of sp³-hybridized carbons (Fsp3) is 0.111. The number of alkyl halides is 3. The molecule has 0 bridgehead atoms. The Bertz CT molecular complexity index is 989. The highest BCUT2D eigenvalue weighted by Gasteiger charge is 2.33. The Morgan fingerprint density at radius 3 is 2.46 bits per heavy atom. The first-order valence-corrected chi connectivity index (χ1v) is 9.10. The largest absolute Gasteiger partial charge is 0.417 e. The summed E-state index contributed by atoms with van der Waals surface area (Å²) in [7, 11) is 0. The van der Waals surface area contributed by atoms with Crippen LogP contribution in [0.25, 0.3) is 0 Å². The number of carbonyl (C=O) groups excluding carboxylic acids is 1. The molecular weight excluding hydrogens is 418 g/mol. The lowest BCUT2D eigenvalue weighted by atomic mass is 10.2. The molecule has 0 aliphatic carbocycles. The molecule has 0 atom stereocenters. The summed E-state index contributed by atoms with van der Waals surface area (Å²) in [6.07, 6.45) is -4.61. The van der Waals surface area contributed by atoms with Gasteiger partial charge in [-0.25, -0.2) is 9.37 Å². The molecule has 0 saturated heterocycles. The van der Waals surface area contributed by atoms with Crippen LogP contribution in [0.4, 0.5) is 34.1 Å². The summed E-state index contributed by atoms with van der Waals surface area (Å²) < 4.78 is 51.6. The molecule has 0 fully saturated rings. The minimum absolute atomic E-state index is 0.0377. The SMILES string of the molecule is O=C(Cc1csc(Nc2ccc(Cl)c(C(F)(F)F)c2)n1)Nc1ccc(F)cc1. The van der Waals surface area contributed by atoms with Crippen LogP contribution in [-0.2, 0) is 17.4 Å². The quantitative estimate of drug-likeness (QED) is 0.498. The number of benzene rings is 2. The summed E-state index contributed by atoms with van der Waals surface area (Å²) in [5.74, 6) is -0.765. The number of rotatable bonds is 5. The molecule has 28 heavy (non-hydrogen) atoms. The third kappa shape index (κ3) is 5.20. The highest BCUT2D eigenvalue weighted by Crippen LogP contribution is 2.36. The van der Waals surface area contributed by atoms with Crippen LogP contribution in [0.5, 0.6) is 0 Å². The monoisotopic (exact) mass is 429 g/mol. The van der Waals surface area contributed by atoms with Crippen molar-refractivity contribution in [3.63, 3.8) is 0 Å². The lowest BCUT2D eigenvalue weighted by molar-refractivity contribution is -0.137. The first kappa shape index (κ1) is 20.1. The minimum Gasteiger partial charge on any atom is -0.332 e. The third-order valence-corrected chi connectivity index (χ3v) is 4.68. The van der Waals surface area contributed by atoms with Gasteiger partial charge < -0.3 is 10.6 Å². The summed E-state index contributed by atoms with van der Waals surface area (Å²) in [5, 5.41) is 6.93. The van der Waals surface area contributed by atoms with E-state index in [2.05, 4.69) is 15.6 Å². The van der Waals surface area contributed by atoms with Gasteiger partial charge in [-0.15, -0.1) is 11.3 Å². The average molecular weight is 430 g/mol. The number of hydrogen-bond acceptors (Lipinski definition) is 4. The second-order valence-electron chi connectivity index (χ2n) is 5.69. The predicted molar refractivity (Wildman–Crippen MR) is 101 cm³/mol. The molecule has 10 heteroatoms. The van der Waals surface area contributed by atoms with Crippen molar-refractivity contribution in [2.75, 3.05) is 10.6 Å². The van der Waals surface area contributed by atoms with Crippen molar-refractivity contribution in [1.29, 1.82) is 0 Å². The third-order valence-electron chi connectivity index (χ3n) is 3.54. The molecule has 0 spiro atoms. The normalized spacial score (nSPS) is 11.3. The van der Waals surface area contributed by atoms with Crippen LogP contribution in [0, 0.1) is 5.82 Å². The zero-order valence-electron chi connectivity index (χ0n) is 14.0. The van der Waals surface area contributed by atoms with Gasteiger partial charge in [0.25, 0.3) is 0 Å². The van der Waals surface area contributed by atoms with Gasteiger partial charge in [0.2, 0.25) is 5.91 Å². The Labute approximate surface area is 166 Å². The van der Waals surface area contributed by atoms with Gasteiger partial charge in [0.05, 0.1) is 22.7 Å². The van der Waals surface area contributed by atoms with Crippen LogP contribution < -0.4 is 10.6 Å². The van der Waals surface area contributed by atoms with E-state index < -0.39 is 22.6 Å². The minimum atomic E-state index is -4.57. The first-order chi connectivity index (χ1) is 13.2. The summed E-state index contributed by atoms with van der Waals surface area (Å²) >= 11 is 6.74. The molecule has 3 rings (SSSR count). The molecule has 1 amide bonds. The van der Waals surface area contributed by atoms with E-state index in [1.165, 1.54) is 30.3 Å². The van der Waals surface area contributed by atoms with E-state index in [1.54, 1.807) is 5.38 Å². The number of halogens is 5. The van der Waals surface area contributed by atoms with Crippen LogP contribution in [0.1, 0.15) is 11.3 Å². The predicted octanol–water partition coefficient (Wildman–Crippen LogP) is 5.88. The fourth-order valence-electron chi connectivity index (χ4n) is 2.29. The molecular formula is C18H12ClF4N3OS. The molecule has 0 aliphatic heterocycles. The van der Waals surface area contributed by atoms with Crippen molar-refractivity contribution in [2.24, 2.45) is 0 Å². The van der Waals surface area contributed by atoms with Crippen molar-refractivity contribution in [3.05, 3.63) is 69.9 Å². The van der Waals surface area contributed by atoms with E-state index in [0.29, 0.717) is 16.5 Å².